The van der Waals surface area contributed by atoms with E-state index in [0.29, 0.717) is 5.56 Å². The van der Waals surface area contributed by atoms with Gasteiger partial charge in [-0.15, -0.1) is 0 Å². The van der Waals surface area contributed by atoms with Gasteiger partial charge < -0.3 is 4.84 Å². The maximum Gasteiger partial charge on any atom is 0.263 e. The highest BCUT2D eigenvalue weighted by molar-refractivity contribution is 5.79. The molecule has 69 valence electrons. The molecule has 0 atom stereocenters. The van der Waals surface area contributed by atoms with E-state index in [4.69, 9.17) is 0 Å². The van der Waals surface area contributed by atoms with Crippen molar-refractivity contribution in [2.75, 3.05) is 7.11 Å². The summed E-state index contributed by atoms with van der Waals surface area (Å²) < 4.78 is 24.2. The summed E-state index contributed by atoms with van der Waals surface area (Å²) in [5.41, 5.74) is 0.592. The molecule has 0 aliphatic rings. The Bertz CT molecular complexity index is 282. The smallest absolute Gasteiger partial charge is 0.263 e. The van der Waals surface area contributed by atoms with Crippen LogP contribution in [0.1, 0.15) is 17.6 Å². The molecule has 0 aliphatic heterocycles. The van der Waals surface area contributed by atoms with Crippen molar-refractivity contribution in [2.24, 2.45) is 5.16 Å². The van der Waals surface area contributed by atoms with E-state index in [0.717, 1.165) is 0 Å². The summed E-state index contributed by atoms with van der Waals surface area (Å²) in [4.78, 5) is 4.39. The molecule has 0 unspecified atom stereocenters. The van der Waals surface area contributed by atoms with Gasteiger partial charge in [0.25, 0.3) is 6.43 Å². The molecule has 0 aromatic heterocycles. The van der Waals surface area contributed by atoms with E-state index in [9.17, 15) is 8.78 Å². The number of hydrogen-bond donors (Lipinski definition) is 0. The van der Waals surface area contributed by atoms with Crippen LogP contribution in [0.4, 0.5) is 8.78 Å². The SMILES string of the molecule is CO/N=[C]\c1ccc(C(F)F)cc1. The standard InChI is InChI=1S/C9H8F2NO/c1-13-12-6-7-2-4-8(5-3-7)9(10)11/h2-5,9H,1H3. The molecule has 0 aliphatic carbocycles. The third kappa shape index (κ3) is 2.82. The minimum atomic E-state index is -2.44. The number of hydrogen-bond acceptors (Lipinski definition) is 2. The summed E-state index contributed by atoms with van der Waals surface area (Å²) in [7, 11) is 1.39. The molecule has 1 rings (SSSR count). The Morgan fingerprint density at radius 2 is 1.92 bits per heavy atom. The first-order valence-corrected chi connectivity index (χ1v) is 3.61. The van der Waals surface area contributed by atoms with Gasteiger partial charge in [0, 0.05) is 11.1 Å². The maximum absolute atomic E-state index is 12.1. The highest BCUT2D eigenvalue weighted by Gasteiger charge is 2.04. The van der Waals surface area contributed by atoms with E-state index in [-0.39, 0.29) is 5.56 Å². The Kier molecular flexibility index (Phi) is 3.37. The lowest BCUT2D eigenvalue weighted by Gasteiger charge is -1.98. The molecule has 0 saturated carbocycles. The van der Waals surface area contributed by atoms with Crippen LogP contribution in [0.25, 0.3) is 0 Å². The zero-order valence-corrected chi connectivity index (χ0v) is 7.00. The lowest BCUT2D eigenvalue weighted by Crippen LogP contribution is -1.86. The third-order valence-corrected chi connectivity index (χ3v) is 1.43. The summed E-state index contributed by atoms with van der Waals surface area (Å²) >= 11 is 0. The van der Waals surface area contributed by atoms with E-state index in [1.54, 1.807) is 0 Å². The molecule has 2 nitrogen and oxygen atoms in total. The molecule has 13 heavy (non-hydrogen) atoms. The van der Waals surface area contributed by atoms with Crippen molar-refractivity contribution >= 4 is 6.21 Å². The van der Waals surface area contributed by atoms with Crippen LogP contribution in [0.15, 0.2) is 29.4 Å². The number of alkyl halides is 2. The lowest BCUT2D eigenvalue weighted by atomic mass is 10.1. The summed E-state index contributed by atoms with van der Waals surface area (Å²) in [5, 5.41) is 3.38. The van der Waals surface area contributed by atoms with E-state index in [1.165, 1.54) is 31.4 Å². The first-order chi connectivity index (χ1) is 6.24. The molecular weight excluding hydrogens is 176 g/mol. The Morgan fingerprint density at radius 3 is 2.38 bits per heavy atom. The van der Waals surface area contributed by atoms with Gasteiger partial charge in [0.2, 0.25) is 0 Å². The van der Waals surface area contributed by atoms with Crippen molar-refractivity contribution in [3.63, 3.8) is 0 Å². The second-order valence-corrected chi connectivity index (χ2v) is 2.31. The topological polar surface area (TPSA) is 21.6 Å². The Morgan fingerprint density at radius 1 is 1.31 bits per heavy atom. The molecular formula is C9H8F2NO. The highest BCUT2D eigenvalue weighted by Crippen LogP contribution is 2.17. The molecule has 0 spiro atoms. The van der Waals surface area contributed by atoms with Crippen LogP contribution in [0.5, 0.6) is 0 Å². The first kappa shape index (κ1) is 9.64. The number of rotatable bonds is 3. The Balaban J connectivity index is 2.75. The number of halogens is 2. The summed E-state index contributed by atoms with van der Waals surface area (Å²) in [5.74, 6) is 0. The van der Waals surface area contributed by atoms with Gasteiger partial charge >= 0.3 is 0 Å². The molecule has 0 fully saturated rings. The van der Waals surface area contributed by atoms with E-state index in [2.05, 4.69) is 16.2 Å². The monoisotopic (exact) mass is 184 g/mol. The highest BCUT2D eigenvalue weighted by atomic mass is 19.3. The van der Waals surface area contributed by atoms with Gasteiger partial charge in [-0.2, -0.15) is 0 Å². The lowest BCUT2D eigenvalue weighted by molar-refractivity contribution is 0.151. The van der Waals surface area contributed by atoms with Crippen LogP contribution in [0.3, 0.4) is 0 Å². The number of benzene rings is 1. The molecule has 1 aromatic rings. The predicted octanol–water partition coefficient (Wildman–Crippen LogP) is 2.48. The quantitative estimate of drug-likeness (QED) is 0.522. The van der Waals surface area contributed by atoms with Crippen molar-refractivity contribution in [3.8, 4) is 0 Å². The molecule has 0 N–H and O–H groups in total. The van der Waals surface area contributed by atoms with Crippen molar-refractivity contribution in [1.29, 1.82) is 0 Å². The van der Waals surface area contributed by atoms with Crippen LogP contribution >= 0.6 is 0 Å². The van der Waals surface area contributed by atoms with Gasteiger partial charge in [0.15, 0.2) is 0 Å². The minimum absolute atomic E-state index is 0.0111. The summed E-state index contributed by atoms with van der Waals surface area (Å²) in [6.45, 7) is 0. The van der Waals surface area contributed by atoms with E-state index >= 15 is 0 Å². The molecule has 4 heteroatoms. The van der Waals surface area contributed by atoms with Gasteiger partial charge in [-0.05, 0) is 0 Å². The van der Waals surface area contributed by atoms with E-state index in [1.807, 2.05) is 0 Å². The van der Waals surface area contributed by atoms with Crippen LogP contribution in [-0.2, 0) is 4.84 Å². The van der Waals surface area contributed by atoms with Gasteiger partial charge in [0.05, 0.1) is 0 Å². The second kappa shape index (κ2) is 4.54. The minimum Gasteiger partial charge on any atom is -0.399 e. The van der Waals surface area contributed by atoms with Crippen molar-refractivity contribution in [2.45, 2.75) is 6.43 Å². The second-order valence-electron chi connectivity index (χ2n) is 2.31. The Hall–Kier alpha value is -1.45. The third-order valence-electron chi connectivity index (χ3n) is 1.43. The molecule has 1 aromatic carbocycles. The summed E-state index contributed by atoms with van der Waals surface area (Å²) in [6.07, 6.45) is 0.0817. The molecule has 0 heterocycles. The predicted molar refractivity (Wildman–Crippen MR) is 44.9 cm³/mol. The molecule has 0 bridgehead atoms. The zero-order valence-electron chi connectivity index (χ0n) is 7.00. The van der Waals surface area contributed by atoms with E-state index < -0.39 is 6.43 Å². The Labute approximate surface area is 74.8 Å². The summed E-state index contributed by atoms with van der Waals surface area (Å²) in [6, 6.07) is 5.67. The fourth-order valence-corrected chi connectivity index (χ4v) is 0.801. The maximum atomic E-state index is 12.1. The van der Waals surface area contributed by atoms with Gasteiger partial charge in [0.1, 0.15) is 13.3 Å². The molecule has 1 radical (unpaired) electrons. The average molecular weight is 184 g/mol. The zero-order chi connectivity index (χ0) is 9.68. The van der Waals surface area contributed by atoms with Crippen LogP contribution in [0, 0.1) is 0 Å². The molecule has 0 amide bonds. The molecule has 0 saturated heterocycles. The number of nitrogens with zero attached hydrogens (tertiary/aromatic N) is 1. The fraction of sp³-hybridized carbons (Fsp3) is 0.222. The van der Waals surface area contributed by atoms with Crippen molar-refractivity contribution in [3.05, 3.63) is 35.4 Å². The normalized spacial score (nSPS) is 11.1. The van der Waals surface area contributed by atoms with Crippen molar-refractivity contribution < 1.29 is 13.6 Å². The van der Waals surface area contributed by atoms with Crippen LogP contribution in [0.2, 0.25) is 0 Å². The van der Waals surface area contributed by atoms with Gasteiger partial charge in [-0.25, -0.2) is 8.78 Å². The van der Waals surface area contributed by atoms with Gasteiger partial charge in [-0.3, -0.25) is 0 Å². The van der Waals surface area contributed by atoms with Crippen molar-refractivity contribution in [1.82, 2.24) is 0 Å². The van der Waals surface area contributed by atoms with Crippen LogP contribution < -0.4 is 0 Å². The van der Waals surface area contributed by atoms with Gasteiger partial charge in [-0.1, -0.05) is 29.4 Å². The van der Waals surface area contributed by atoms with Crippen LogP contribution in [-0.4, -0.2) is 13.3 Å². The fourth-order valence-electron chi connectivity index (χ4n) is 0.801. The largest absolute Gasteiger partial charge is 0.399 e. The average Bonchev–Trinajstić information content (AvgIpc) is 2.15. The first-order valence-electron chi connectivity index (χ1n) is 3.61.